The van der Waals surface area contributed by atoms with Crippen LogP contribution in [0.4, 0.5) is 8.78 Å². The molecule has 82 valence electrons. The molecule has 1 rings (SSSR count). The average Bonchev–Trinajstić information content (AvgIpc) is 2.22. The van der Waals surface area contributed by atoms with Crippen molar-refractivity contribution < 1.29 is 18.7 Å². The Labute approximate surface area is 86.5 Å². The number of aliphatic hydroxyl groups is 1. The molecular formula is C11H12F2O2. The van der Waals surface area contributed by atoms with Gasteiger partial charge in [0, 0.05) is 6.42 Å². The highest BCUT2D eigenvalue weighted by Gasteiger charge is 2.15. The summed E-state index contributed by atoms with van der Waals surface area (Å²) in [5.41, 5.74) is -0.0208. The predicted octanol–water partition coefficient (Wildman–Crippen LogP) is 1.85. The van der Waals surface area contributed by atoms with E-state index in [1.54, 1.807) is 6.92 Å². The first-order valence-corrected chi connectivity index (χ1v) is 4.69. The lowest BCUT2D eigenvalue weighted by atomic mass is 10.0. The minimum Gasteiger partial charge on any atom is -0.385 e. The van der Waals surface area contributed by atoms with Crippen LogP contribution in [0, 0.1) is 11.6 Å². The fourth-order valence-electron chi connectivity index (χ4n) is 1.21. The van der Waals surface area contributed by atoms with Gasteiger partial charge in [-0.25, -0.2) is 8.78 Å². The van der Waals surface area contributed by atoms with Gasteiger partial charge in [-0.15, -0.1) is 0 Å². The van der Waals surface area contributed by atoms with Gasteiger partial charge in [0.05, 0.1) is 0 Å². The zero-order valence-electron chi connectivity index (χ0n) is 8.34. The Morgan fingerprint density at radius 2 is 2.13 bits per heavy atom. The van der Waals surface area contributed by atoms with E-state index >= 15 is 0 Å². The van der Waals surface area contributed by atoms with Gasteiger partial charge in [-0.3, -0.25) is 4.79 Å². The summed E-state index contributed by atoms with van der Waals surface area (Å²) in [5, 5.41) is 9.18. The molecule has 0 aliphatic heterocycles. The molecule has 2 nitrogen and oxygen atoms in total. The predicted molar refractivity (Wildman–Crippen MR) is 51.4 cm³/mol. The Balaban J connectivity index is 2.80. The Morgan fingerprint density at radius 1 is 1.47 bits per heavy atom. The van der Waals surface area contributed by atoms with Crippen molar-refractivity contribution in [1.29, 1.82) is 0 Å². The van der Waals surface area contributed by atoms with Gasteiger partial charge in [0.15, 0.2) is 5.78 Å². The fraction of sp³-hybridized carbons (Fsp3) is 0.364. The number of benzene rings is 1. The lowest BCUT2D eigenvalue weighted by molar-refractivity contribution is -0.126. The van der Waals surface area contributed by atoms with Crippen LogP contribution >= 0.6 is 0 Å². The zero-order valence-corrected chi connectivity index (χ0v) is 8.34. The van der Waals surface area contributed by atoms with Gasteiger partial charge in [0.2, 0.25) is 0 Å². The first-order valence-electron chi connectivity index (χ1n) is 4.69. The summed E-state index contributed by atoms with van der Waals surface area (Å²) in [4.78, 5) is 11.3. The highest BCUT2D eigenvalue weighted by atomic mass is 19.1. The highest BCUT2D eigenvalue weighted by molar-refractivity contribution is 5.84. The third kappa shape index (κ3) is 3.09. The Hall–Kier alpha value is -1.29. The van der Waals surface area contributed by atoms with Gasteiger partial charge in [-0.1, -0.05) is 6.92 Å². The van der Waals surface area contributed by atoms with E-state index in [9.17, 15) is 18.7 Å². The molecule has 0 saturated heterocycles. The second-order valence-electron chi connectivity index (χ2n) is 3.30. The van der Waals surface area contributed by atoms with Crippen molar-refractivity contribution in [3.63, 3.8) is 0 Å². The van der Waals surface area contributed by atoms with Crippen molar-refractivity contribution in [2.24, 2.45) is 0 Å². The number of aliphatic hydroxyl groups excluding tert-OH is 1. The highest BCUT2D eigenvalue weighted by Crippen LogP contribution is 2.11. The molecule has 1 aromatic carbocycles. The van der Waals surface area contributed by atoms with Crippen LogP contribution in [0.15, 0.2) is 18.2 Å². The van der Waals surface area contributed by atoms with Crippen LogP contribution in [0.3, 0.4) is 0 Å². The number of halogens is 2. The SMILES string of the molecule is CCC(O)C(=O)Cc1cc(F)ccc1F. The smallest absolute Gasteiger partial charge is 0.165 e. The first-order chi connectivity index (χ1) is 7.04. The standard InChI is InChI=1S/C11H12F2O2/c1-2-10(14)11(15)6-7-5-8(12)3-4-9(7)13/h3-5,10,14H,2,6H2,1H3. The minimum absolute atomic E-state index is 0.0208. The molecule has 0 aromatic heterocycles. The van der Waals surface area contributed by atoms with Crippen LogP contribution in [0.25, 0.3) is 0 Å². The van der Waals surface area contributed by atoms with E-state index in [1.807, 2.05) is 0 Å². The summed E-state index contributed by atoms with van der Waals surface area (Å²) < 4.78 is 25.8. The molecule has 1 atom stereocenters. The fourth-order valence-corrected chi connectivity index (χ4v) is 1.21. The normalized spacial score (nSPS) is 12.5. The van der Waals surface area contributed by atoms with Crippen molar-refractivity contribution in [3.8, 4) is 0 Å². The summed E-state index contributed by atoms with van der Waals surface area (Å²) in [6, 6.07) is 2.92. The molecule has 0 spiro atoms. The summed E-state index contributed by atoms with van der Waals surface area (Å²) in [5.74, 6) is -1.72. The second-order valence-corrected chi connectivity index (χ2v) is 3.30. The van der Waals surface area contributed by atoms with E-state index in [4.69, 9.17) is 0 Å². The minimum atomic E-state index is -1.10. The van der Waals surface area contributed by atoms with Crippen molar-refractivity contribution in [3.05, 3.63) is 35.4 Å². The molecule has 1 unspecified atom stereocenters. The molecule has 1 N–H and O–H groups in total. The van der Waals surface area contributed by atoms with Crippen LogP contribution in [-0.2, 0) is 11.2 Å². The van der Waals surface area contributed by atoms with Crippen molar-refractivity contribution >= 4 is 5.78 Å². The monoisotopic (exact) mass is 214 g/mol. The molecule has 1 aromatic rings. The number of carbonyl (C=O) groups is 1. The van der Waals surface area contributed by atoms with E-state index in [0.29, 0.717) is 0 Å². The van der Waals surface area contributed by atoms with E-state index < -0.39 is 23.5 Å². The summed E-state index contributed by atoms with van der Waals surface area (Å²) in [7, 11) is 0. The maximum Gasteiger partial charge on any atom is 0.165 e. The number of rotatable bonds is 4. The molecule has 0 aliphatic carbocycles. The van der Waals surface area contributed by atoms with Gasteiger partial charge < -0.3 is 5.11 Å². The molecule has 0 radical (unpaired) electrons. The molecule has 4 heteroatoms. The number of hydrogen-bond donors (Lipinski definition) is 1. The lowest BCUT2D eigenvalue weighted by Gasteiger charge is -2.07. The Morgan fingerprint density at radius 3 is 2.73 bits per heavy atom. The van der Waals surface area contributed by atoms with Gasteiger partial charge >= 0.3 is 0 Å². The van der Waals surface area contributed by atoms with E-state index in [2.05, 4.69) is 0 Å². The summed E-state index contributed by atoms with van der Waals surface area (Å²) >= 11 is 0. The molecule has 0 saturated carbocycles. The number of Topliss-reactive ketones (excluding diaryl/α,β-unsaturated/α-hetero) is 1. The zero-order chi connectivity index (χ0) is 11.4. The van der Waals surface area contributed by atoms with Crippen LogP contribution < -0.4 is 0 Å². The molecular weight excluding hydrogens is 202 g/mol. The van der Waals surface area contributed by atoms with Crippen molar-refractivity contribution in [2.75, 3.05) is 0 Å². The van der Waals surface area contributed by atoms with Gasteiger partial charge in [0.25, 0.3) is 0 Å². The third-order valence-corrected chi connectivity index (χ3v) is 2.13. The molecule has 0 fully saturated rings. The molecule has 0 bridgehead atoms. The summed E-state index contributed by atoms with van der Waals surface area (Å²) in [6.45, 7) is 1.64. The molecule has 0 heterocycles. The van der Waals surface area contributed by atoms with Gasteiger partial charge in [-0.2, -0.15) is 0 Å². The molecule has 0 amide bonds. The van der Waals surface area contributed by atoms with Crippen molar-refractivity contribution in [2.45, 2.75) is 25.9 Å². The second kappa shape index (κ2) is 4.98. The third-order valence-electron chi connectivity index (χ3n) is 2.13. The number of carbonyl (C=O) groups excluding carboxylic acids is 1. The van der Waals surface area contributed by atoms with Crippen LogP contribution in [0.1, 0.15) is 18.9 Å². The Bertz CT molecular complexity index is 364. The van der Waals surface area contributed by atoms with E-state index in [1.165, 1.54) is 0 Å². The van der Waals surface area contributed by atoms with Crippen LogP contribution in [0.5, 0.6) is 0 Å². The maximum atomic E-state index is 13.1. The van der Waals surface area contributed by atoms with Gasteiger partial charge in [-0.05, 0) is 30.2 Å². The van der Waals surface area contributed by atoms with Gasteiger partial charge in [0.1, 0.15) is 17.7 Å². The summed E-state index contributed by atoms with van der Waals surface area (Å²) in [6.07, 6.45) is -1.11. The quantitative estimate of drug-likeness (QED) is 0.830. The lowest BCUT2D eigenvalue weighted by Crippen LogP contribution is -2.21. The number of ketones is 1. The largest absolute Gasteiger partial charge is 0.385 e. The molecule has 15 heavy (non-hydrogen) atoms. The maximum absolute atomic E-state index is 13.1. The molecule has 0 aliphatic rings. The average molecular weight is 214 g/mol. The number of hydrogen-bond acceptors (Lipinski definition) is 2. The first kappa shape index (κ1) is 11.8. The topological polar surface area (TPSA) is 37.3 Å². The van der Waals surface area contributed by atoms with Crippen LogP contribution in [0.2, 0.25) is 0 Å². The van der Waals surface area contributed by atoms with Crippen molar-refractivity contribution in [1.82, 2.24) is 0 Å². The van der Waals surface area contributed by atoms with E-state index in [0.717, 1.165) is 18.2 Å². The van der Waals surface area contributed by atoms with E-state index in [-0.39, 0.29) is 18.4 Å². The van der Waals surface area contributed by atoms with Crippen LogP contribution in [-0.4, -0.2) is 17.0 Å². The Kier molecular flexibility index (Phi) is 3.91.